The highest BCUT2D eigenvalue weighted by atomic mass is 16.5. The van der Waals surface area contributed by atoms with Crippen LogP contribution in [0.25, 0.3) is 0 Å². The summed E-state index contributed by atoms with van der Waals surface area (Å²) in [7, 11) is 3.13. The van der Waals surface area contributed by atoms with E-state index in [0.29, 0.717) is 30.4 Å². The molecule has 2 aromatic rings. The second kappa shape index (κ2) is 8.82. The third-order valence-electron chi connectivity index (χ3n) is 3.49. The molecule has 0 heterocycles. The van der Waals surface area contributed by atoms with Crippen LogP contribution in [0.15, 0.2) is 36.4 Å². The number of para-hydroxylation sites is 1. The first kappa shape index (κ1) is 18.4. The number of carbonyl (C=O) groups excluding carboxylic acids is 1. The molecule has 2 amide bonds. The monoisotopic (exact) mass is 344 g/mol. The van der Waals surface area contributed by atoms with E-state index in [1.54, 1.807) is 26.4 Å². The van der Waals surface area contributed by atoms with Gasteiger partial charge in [-0.15, -0.1) is 0 Å². The van der Waals surface area contributed by atoms with Crippen molar-refractivity contribution in [3.63, 3.8) is 0 Å². The smallest absolute Gasteiger partial charge is 0.319 e. The molecule has 0 aliphatic rings. The van der Waals surface area contributed by atoms with Gasteiger partial charge in [0.15, 0.2) is 11.5 Å². The average molecular weight is 344 g/mol. The van der Waals surface area contributed by atoms with E-state index in [1.807, 2.05) is 32.0 Å². The molecule has 6 nitrogen and oxygen atoms in total. The number of benzene rings is 2. The largest absolute Gasteiger partial charge is 0.493 e. The lowest BCUT2D eigenvalue weighted by Crippen LogP contribution is -2.32. The second-order valence-corrected chi connectivity index (χ2v) is 5.60. The van der Waals surface area contributed by atoms with Crippen molar-refractivity contribution in [1.82, 2.24) is 5.32 Å². The molecule has 0 atom stereocenters. The number of carbonyl (C=O) groups is 1. The first-order valence-corrected chi connectivity index (χ1v) is 8.00. The summed E-state index contributed by atoms with van der Waals surface area (Å²) in [6, 6.07) is 11.0. The van der Waals surface area contributed by atoms with Crippen molar-refractivity contribution >= 4 is 11.7 Å². The lowest BCUT2D eigenvalue weighted by molar-refractivity contribution is 0.245. The lowest BCUT2D eigenvalue weighted by Gasteiger charge is -2.14. The van der Waals surface area contributed by atoms with Gasteiger partial charge in [0, 0.05) is 5.69 Å². The Labute approximate surface area is 148 Å². The van der Waals surface area contributed by atoms with Gasteiger partial charge >= 0.3 is 6.03 Å². The van der Waals surface area contributed by atoms with Crippen LogP contribution in [0.4, 0.5) is 10.5 Å². The van der Waals surface area contributed by atoms with E-state index in [2.05, 4.69) is 16.7 Å². The molecular formula is C19H24N2O4. The van der Waals surface area contributed by atoms with Crippen LogP contribution in [0, 0.1) is 13.8 Å². The fraction of sp³-hybridized carbons (Fsp3) is 0.316. The number of rotatable bonds is 7. The van der Waals surface area contributed by atoms with Crippen molar-refractivity contribution in [3.8, 4) is 17.2 Å². The van der Waals surface area contributed by atoms with Crippen LogP contribution in [0.1, 0.15) is 11.1 Å². The van der Waals surface area contributed by atoms with Crippen LogP contribution in [0.3, 0.4) is 0 Å². The summed E-state index contributed by atoms with van der Waals surface area (Å²) in [5.74, 6) is 1.70. The Morgan fingerprint density at radius 1 is 1.00 bits per heavy atom. The van der Waals surface area contributed by atoms with E-state index in [4.69, 9.17) is 14.2 Å². The topological polar surface area (TPSA) is 68.8 Å². The van der Waals surface area contributed by atoms with Gasteiger partial charge < -0.3 is 24.8 Å². The first-order chi connectivity index (χ1) is 12.0. The van der Waals surface area contributed by atoms with E-state index >= 15 is 0 Å². The fourth-order valence-electron chi connectivity index (χ4n) is 2.52. The minimum Gasteiger partial charge on any atom is -0.493 e. The summed E-state index contributed by atoms with van der Waals surface area (Å²) < 4.78 is 16.2. The Kier molecular flexibility index (Phi) is 6.51. The van der Waals surface area contributed by atoms with Crippen molar-refractivity contribution < 1.29 is 19.0 Å². The number of urea groups is 1. The number of methoxy groups -OCH3 is 2. The molecule has 2 rings (SSSR count). The minimum atomic E-state index is -0.272. The Hall–Kier alpha value is -2.89. The Morgan fingerprint density at radius 2 is 1.68 bits per heavy atom. The highest BCUT2D eigenvalue weighted by Crippen LogP contribution is 2.36. The van der Waals surface area contributed by atoms with Gasteiger partial charge in [0.1, 0.15) is 6.61 Å². The third-order valence-corrected chi connectivity index (χ3v) is 3.49. The van der Waals surface area contributed by atoms with Crippen molar-refractivity contribution in [2.24, 2.45) is 0 Å². The molecule has 25 heavy (non-hydrogen) atoms. The molecule has 0 radical (unpaired) electrons. The van der Waals surface area contributed by atoms with Crippen LogP contribution in [-0.4, -0.2) is 33.4 Å². The predicted octanol–water partition coefficient (Wildman–Crippen LogP) is 3.52. The summed E-state index contributed by atoms with van der Waals surface area (Å²) >= 11 is 0. The Bertz CT molecular complexity index is 711. The molecule has 0 bridgehead atoms. The quantitative estimate of drug-likeness (QED) is 0.754. The molecular weight excluding hydrogens is 320 g/mol. The number of anilines is 1. The van der Waals surface area contributed by atoms with Crippen molar-refractivity contribution in [3.05, 3.63) is 47.5 Å². The van der Waals surface area contributed by atoms with Gasteiger partial charge in [-0.3, -0.25) is 0 Å². The number of nitrogens with one attached hydrogen (secondary N) is 2. The number of aryl methyl sites for hydroxylation is 2. The van der Waals surface area contributed by atoms with E-state index < -0.39 is 0 Å². The van der Waals surface area contributed by atoms with E-state index in [-0.39, 0.29) is 6.03 Å². The van der Waals surface area contributed by atoms with Crippen LogP contribution in [-0.2, 0) is 0 Å². The van der Waals surface area contributed by atoms with Gasteiger partial charge in [0.05, 0.1) is 20.8 Å². The fourth-order valence-corrected chi connectivity index (χ4v) is 2.52. The normalized spacial score (nSPS) is 10.1. The molecule has 0 fully saturated rings. The number of amides is 2. The SMILES string of the molecule is COc1cccc(OCCNC(=O)Nc2cc(C)cc(C)c2)c1OC. The highest BCUT2D eigenvalue weighted by Gasteiger charge is 2.10. The summed E-state index contributed by atoms with van der Waals surface area (Å²) in [6.07, 6.45) is 0. The number of hydrogen-bond acceptors (Lipinski definition) is 4. The molecule has 0 saturated heterocycles. The van der Waals surface area contributed by atoms with Gasteiger partial charge in [-0.1, -0.05) is 12.1 Å². The van der Waals surface area contributed by atoms with Crippen molar-refractivity contribution in [2.45, 2.75) is 13.8 Å². The van der Waals surface area contributed by atoms with E-state index in [9.17, 15) is 4.79 Å². The van der Waals surface area contributed by atoms with Crippen molar-refractivity contribution in [2.75, 3.05) is 32.7 Å². The molecule has 134 valence electrons. The average Bonchev–Trinajstić information content (AvgIpc) is 2.57. The molecule has 0 aliphatic carbocycles. The minimum absolute atomic E-state index is 0.272. The zero-order chi connectivity index (χ0) is 18.2. The first-order valence-electron chi connectivity index (χ1n) is 8.00. The molecule has 0 saturated carbocycles. The van der Waals surface area contributed by atoms with Crippen LogP contribution in [0.5, 0.6) is 17.2 Å². The number of ether oxygens (including phenoxy) is 3. The molecule has 0 aromatic heterocycles. The maximum Gasteiger partial charge on any atom is 0.319 e. The van der Waals surface area contributed by atoms with Crippen molar-refractivity contribution in [1.29, 1.82) is 0 Å². The molecule has 2 aromatic carbocycles. The zero-order valence-corrected chi connectivity index (χ0v) is 15.0. The molecule has 2 N–H and O–H groups in total. The summed E-state index contributed by atoms with van der Waals surface area (Å²) in [5, 5.41) is 5.57. The molecule has 0 spiro atoms. The summed E-state index contributed by atoms with van der Waals surface area (Å²) in [6.45, 7) is 4.65. The van der Waals surface area contributed by atoms with Crippen LogP contribution in [0.2, 0.25) is 0 Å². The lowest BCUT2D eigenvalue weighted by atomic mass is 10.1. The van der Waals surface area contributed by atoms with Gasteiger partial charge in [0.25, 0.3) is 0 Å². The Morgan fingerprint density at radius 3 is 2.32 bits per heavy atom. The third kappa shape index (κ3) is 5.31. The van der Waals surface area contributed by atoms with Gasteiger partial charge in [0.2, 0.25) is 5.75 Å². The molecule has 0 unspecified atom stereocenters. The predicted molar refractivity (Wildman–Crippen MR) is 98.0 cm³/mol. The maximum atomic E-state index is 11.9. The number of hydrogen-bond donors (Lipinski definition) is 2. The maximum absolute atomic E-state index is 11.9. The van der Waals surface area contributed by atoms with Crippen LogP contribution < -0.4 is 24.8 Å². The Balaban J connectivity index is 1.82. The standard InChI is InChI=1S/C19H24N2O4/c1-13-10-14(2)12-15(11-13)21-19(22)20-8-9-25-17-7-5-6-16(23-3)18(17)24-4/h5-7,10-12H,8-9H2,1-4H3,(H2,20,21,22). The van der Waals surface area contributed by atoms with E-state index in [0.717, 1.165) is 16.8 Å². The van der Waals surface area contributed by atoms with E-state index in [1.165, 1.54) is 0 Å². The van der Waals surface area contributed by atoms with Gasteiger partial charge in [-0.2, -0.15) is 0 Å². The van der Waals surface area contributed by atoms with Gasteiger partial charge in [-0.05, 0) is 49.2 Å². The molecule has 6 heteroatoms. The molecule has 0 aliphatic heterocycles. The summed E-state index contributed by atoms with van der Waals surface area (Å²) in [4.78, 5) is 11.9. The second-order valence-electron chi connectivity index (χ2n) is 5.60. The van der Waals surface area contributed by atoms with Gasteiger partial charge in [-0.25, -0.2) is 4.79 Å². The zero-order valence-electron chi connectivity index (χ0n) is 15.0. The highest BCUT2D eigenvalue weighted by molar-refractivity contribution is 5.89. The van der Waals surface area contributed by atoms with Crippen LogP contribution >= 0.6 is 0 Å². The summed E-state index contributed by atoms with van der Waals surface area (Å²) in [5.41, 5.74) is 2.97.